The third-order valence-electron chi connectivity index (χ3n) is 6.36. The minimum absolute atomic E-state index is 0.0200. The molecule has 0 saturated heterocycles. The van der Waals surface area contributed by atoms with E-state index in [0.717, 1.165) is 0 Å². The van der Waals surface area contributed by atoms with Gasteiger partial charge >= 0.3 is 11.9 Å². The lowest BCUT2D eigenvalue weighted by Crippen LogP contribution is -2.66. The molecule has 0 bridgehead atoms. The number of esters is 1. The molecule has 0 atom stereocenters. The molecule has 0 saturated carbocycles. The Hall–Kier alpha value is -2.93. The number of Topliss-reactive ketones (excluding diaryl/α,β-unsaturated/α-hetero) is 1. The molecule has 2 rings (SSSR count). The van der Waals surface area contributed by atoms with Crippen molar-refractivity contribution in [1.82, 2.24) is 0 Å². The van der Waals surface area contributed by atoms with Crippen LogP contribution < -0.4 is 10.4 Å². The number of ketones is 1. The maximum Gasteiger partial charge on any atom is 0.372 e. The van der Waals surface area contributed by atoms with Crippen molar-refractivity contribution in [3.63, 3.8) is 0 Å². The Balaban J connectivity index is 1.54. The zero-order valence-electron chi connectivity index (χ0n) is 24.9. The molecule has 0 aliphatic heterocycles. The van der Waals surface area contributed by atoms with Gasteiger partial charge in [-0.2, -0.15) is 0 Å². The van der Waals surface area contributed by atoms with E-state index in [-0.39, 0.29) is 31.1 Å². The van der Waals surface area contributed by atoms with Crippen molar-refractivity contribution in [2.75, 3.05) is 66.1 Å². The topological polar surface area (TPSA) is 127 Å². The van der Waals surface area contributed by atoms with Crippen molar-refractivity contribution in [2.45, 2.75) is 38.7 Å². The summed E-state index contributed by atoms with van der Waals surface area (Å²) in [6, 6.07) is 21.0. The van der Waals surface area contributed by atoms with Crippen molar-refractivity contribution >= 4 is 36.4 Å². The van der Waals surface area contributed by atoms with Gasteiger partial charge in [0, 0.05) is 6.42 Å². The van der Waals surface area contributed by atoms with Crippen molar-refractivity contribution in [3.05, 3.63) is 60.7 Å². The highest BCUT2D eigenvalue weighted by Crippen LogP contribution is 2.36. The fourth-order valence-electron chi connectivity index (χ4n) is 4.39. The van der Waals surface area contributed by atoms with Crippen LogP contribution in [0.5, 0.6) is 0 Å². The Bertz CT molecular complexity index is 1020. The quantitative estimate of drug-likeness (QED) is 0.0928. The van der Waals surface area contributed by atoms with Crippen LogP contribution in [0.2, 0.25) is 5.04 Å². The van der Waals surface area contributed by atoms with Crippen LogP contribution in [-0.2, 0) is 42.5 Å². The van der Waals surface area contributed by atoms with E-state index < -0.39 is 26.0 Å². The van der Waals surface area contributed by atoms with Gasteiger partial charge in [0.25, 0.3) is 8.32 Å². The summed E-state index contributed by atoms with van der Waals surface area (Å²) in [5.74, 6) is -3.22. The van der Waals surface area contributed by atoms with E-state index in [1.807, 2.05) is 12.1 Å². The van der Waals surface area contributed by atoms with Crippen molar-refractivity contribution < 1.29 is 47.6 Å². The highest BCUT2D eigenvalue weighted by molar-refractivity contribution is 6.99. The molecule has 1 N–H and O–H groups in total. The molecule has 0 fully saturated rings. The van der Waals surface area contributed by atoms with E-state index in [2.05, 4.69) is 69.3 Å². The Labute approximate surface area is 249 Å². The van der Waals surface area contributed by atoms with Crippen LogP contribution >= 0.6 is 0 Å². The summed E-state index contributed by atoms with van der Waals surface area (Å²) < 4.78 is 33.7. The molecule has 0 aromatic heterocycles. The second-order valence-corrected chi connectivity index (χ2v) is 14.7. The molecule has 0 radical (unpaired) electrons. The van der Waals surface area contributed by atoms with Gasteiger partial charge in [0.05, 0.1) is 65.9 Å². The molecular weight excluding hydrogens is 560 g/mol. The third kappa shape index (κ3) is 12.1. The first-order chi connectivity index (χ1) is 20.2. The van der Waals surface area contributed by atoms with Crippen molar-refractivity contribution in [1.29, 1.82) is 0 Å². The van der Waals surface area contributed by atoms with E-state index in [1.54, 1.807) is 0 Å². The van der Waals surface area contributed by atoms with Gasteiger partial charge in [0.1, 0.15) is 6.61 Å². The zero-order chi connectivity index (χ0) is 30.7. The average Bonchev–Trinajstić information content (AvgIpc) is 2.97. The molecule has 42 heavy (non-hydrogen) atoms. The number of carbonyl (C=O) groups is 3. The van der Waals surface area contributed by atoms with Crippen LogP contribution in [0.15, 0.2) is 60.7 Å². The van der Waals surface area contributed by atoms with Gasteiger partial charge in [-0.1, -0.05) is 81.4 Å². The number of benzene rings is 2. The van der Waals surface area contributed by atoms with Crippen molar-refractivity contribution in [2.24, 2.45) is 0 Å². The number of aliphatic carboxylic acids is 1. The fourth-order valence-corrected chi connectivity index (χ4v) is 8.93. The van der Waals surface area contributed by atoms with Crippen LogP contribution in [0.4, 0.5) is 0 Å². The summed E-state index contributed by atoms with van der Waals surface area (Å²) in [5.41, 5.74) is 0. The molecule has 0 unspecified atom stereocenters. The van der Waals surface area contributed by atoms with Crippen molar-refractivity contribution in [3.8, 4) is 0 Å². The van der Waals surface area contributed by atoms with Crippen LogP contribution in [0.1, 0.15) is 33.6 Å². The lowest BCUT2D eigenvalue weighted by Gasteiger charge is -2.43. The molecule has 10 nitrogen and oxygen atoms in total. The summed E-state index contributed by atoms with van der Waals surface area (Å²) >= 11 is 0. The number of ether oxygens (including phenoxy) is 5. The maximum absolute atomic E-state index is 11.4. The first-order valence-corrected chi connectivity index (χ1v) is 16.1. The summed E-state index contributed by atoms with van der Waals surface area (Å²) in [4.78, 5) is 32.7. The molecule has 0 spiro atoms. The average molecular weight is 605 g/mol. The van der Waals surface area contributed by atoms with Crippen LogP contribution in [0.3, 0.4) is 0 Å². The smallest absolute Gasteiger partial charge is 0.372 e. The van der Waals surface area contributed by atoms with Gasteiger partial charge in [0.15, 0.2) is 0 Å². The second kappa shape index (κ2) is 19.3. The predicted molar refractivity (Wildman–Crippen MR) is 160 cm³/mol. The highest BCUT2D eigenvalue weighted by Gasteiger charge is 2.49. The van der Waals surface area contributed by atoms with Gasteiger partial charge in [-0.3, -0.25) is 9.59 Å². The van der Waals surface area contributed by atoms with Crippen LogP contribution in [-0.4, -0.2) is 97.2 Å². The third-order valence-corrected chi connectivity index (χ3v) is 11.4. The van der Waals surface area contributed by atoms with Gasteiger partial charge in [0.2, 0.25) is 5.78 Å². The van der Waals surface area contributed by atoms with E-state index in [0.29, 0.717) is 52.9 Å². The van der Waals surface area contributed by atoms with Gasteiger partial charge in [-0.25, -0.2) is 4.79 Å². The number of rotatable bonds is 22. The lowest BCUT2D eigenvalue weighted by molar-refractivity contribution is -0.151. The van der Waals surface area contributed by atoms with Gasteiger partial charge in [-0.15, -0.1) is 0 Å². The molecule has 0 aliphatic carbocycles. The van der Waals surface area contributed by atoms with E-state index in [1.165, 1.54) is 10.4 Å². The number of carboxylic acids is 1. The number of carboxylic acid groups (broad SMARTS) is 1. The molecule has 0 amide bonds. The molecule has 0 heterocycles. The molecular formula is C31H44O10Si. The van der Waals surface area contributed by atoms with E-state index in [4.69, 9.17) is 33.2 Å². The molecule has 11 heteroatoms. The minimum Gasteiger partial charge on any atom is -0.476 e. The standard InChI is InChI=1S/C31H44O10Si/c1-31(2,3)42(26-10-6-4-7-11-26,27-12-8-5-9-13-27)41-25-23-39-21-19-37-17-16-36-18-20-38-22-24-40-29(33)15-14-28(32)30(34)35/h4-13H,14-25H2,1-3H3,(H,34,35). The largest absolute Gasteiger partial charge is 0.476 e. The monoisotopic (exact) mass is 604 g/mol. The normalized spacial score (nSPS) is 11.8. The summed E-state index contributed by atoms with van der Waals surface area (Å²) in [5, 5.41) is 10.9. The first-order valence-electron chi connectivity index (χ1n) is 14.2. The summed E-state index contributed by atoms with van der Waals surface area (Å²) in [6.45, 7) is 10.3. The number of hydrogen-bond donors (Lipinski definition) is 1. The Morgan fingerprint density at radius 3 is 1.43 bits per heavy atom. The van der Waals surface area contributed by atoms with Gasteiger partial charge in [-0.05, 0) is 15.4 Å². The minimum atomic E-state index is -2.56. The first kappa shape index (κ1) is 35.3. The summed E-state index contributed by atoms with van der Waals surface area (Å²) in [6.07, 6.45) is -0.649. The zero-order valence-corrected chi connectivity index (χ0v) is 25.9. The molecule has 2 aromatic rings. The lowest BCUT2D eigenvalue weighted by atomic mass is 10.2. The predicted octanol–water partition coefficient (Wildman–Crippen LogP) is 2.61. The molecule has 232 valence electrons. The molecule has 0 aliphatic rings. The Morgan fingerprint density at radius 1 is 0.619 bits per heavy atom. The van der Waals surface area contributed by atoms with E-state index >= 15 is 0 Å². The number of carbonyl (C=O) groups excluding carboxylic acids is 2. The molecule has 2 aromatic carbocycles. The SMILES string of the molecule is CC(C)(C)[Si](OCCOCCOCCOCCOCCOC(=O)CCC(=O)C(=O)O)(c1ccccc1)c1ccccc1. The summed E-state index contributed by atoms with van der Waals surface area (Å²) in [7, 11) is -2.56. The Kier molecular flexibility index (Phi) is 16.2. The van der Waals surface area contributed by atoms with Gasteiger partial charge < -0.3 is 33.2 Å². The van der Waals surface area contributed by atoms with Crippen LogP contribution in [0, 0.1) is 0 Å². The fraction of sp³-hybridized carbons (Fsp3) is 0.516. The second-order valence-electron chi connectivity index (χ2n) is 10.4. The Morgan fingerprint density at radius 2 is 1.02 bits per heavy atom. The number of hydrogen-bond acceptors (Lipinski definition) is 9. The maximum atomic E-state index is 11.4. The van der Waals surface area contributed by atoms with Crippen LogP contribution in [0.25, 0.3) is 0 Å². The highest BCUT2D eigenvalue weighted by atomic mass is 28.4. The van der Waals surface area contributed by atoms with E-state index in [9.17, 15) is 14.4 Å².